The second-order valence-corrected chi connectivity index (χ2v) is 5.68. The topological polar surface area (TPSA) is 87.3 Å². The van der Waals surface area contributed by atoms with Crippen LogP contribution in [0.15, 0.2) is 39.8 Å². The molecule has 0 aromatic heterocycles. The molecule has 9 heteroatoms. The monoisotopic (exact) mass is 351 g/mol. The number of carboxylic acids is 1. The summed E-state index contributed by atoms with van der Waals surface area (Å²) in [7, 11) is 5.31. The number of carbonyl (C=O) groups is 1. The third-order valence-corrected chi connectivity index (χ3v) is 3.87. The summed E-state index contributed by atoms with van der Waals surface area (Å²) in [6.07, 6.45) is 4.90. The second kappa shape index (κ2) is 10.4. The maximum atomic E-state index is 10.8. The summed E-state index contributed by atoms with van der Waals surface area (Å²) < 4.78 is 0. The van der Waals surface area contributed by atoms with E-state index in [2.05, 4.69) is 28.8 Å². The van der Waals surface area contributed by atoms with E-state index >= 15 is 0 Å². The zero-order valence-electron chi connectivity index (χ0n) is 15.6. The van der Waals surface area contributed by atoms with Crippen LogP contribution >= 0.6 is 0 Å². The number of carboxylic acid groups (broad SMARTS) is 1. The highest BCUT2D eigenvalue weighted by atomic mass is 16.4. The van der Waals surface area contributed by atoms with E-state index in [0.29, 0.717) is 32.1 Å². The van der Waals surface area contributed by atoms with Crippen LogP contribution < -0.4 is 0 Å². The molecule has 1 fully saturated rings. The highest BCUT2D eigenvalue weighted by molar-refractivity contribution is 5.80. The van der Waals surface area contributed by atoms with Gasteiger partial charge in [-0.3, -0.25) is 19.7 Å². The number of hydrogen-bond acceptors (Lipinski definition) is 5. The molecule has 0 aliphatic carbocycles. The molecule has 1 saturated heterocycles. The fourth-order valence-corrected chi connectivity index (χ4v) is 2.26. The van der Waals surface area contributed by atoms with Crippen LogP contribution in [0.25, 0.3) is 0 Å². The fourth-order valence-electron chi connectivity index (χ4n) is 2.26. The first-order valence-electron chi connectivity index (χ1n) is 8.29. The molecule has 0 unspecified atom stereocenters. The average Bonchev–Trinajstić information content (AvgIpc) is 2.60. The molecule has 0 radical (unpaired) electrons. The van der Waals surface area contributed by atoms with E-state index in [9.17, 15) is 4.79 Å². The van der Waals surface area contributed by atoms with Crippen molar-refractivity contribution < 1.29 is 9.90 Å². The molecular weight excluding hydrogens is 322 g/mol. The van der Waals surface area contributed by atoms with Gasteiger partial charge in [-0.2, -0.15) is 5.12 Å². The summed E-state index contributed by atoms with van der Waals surface area (Å²) in [5.41, 5.74) is 0.806. The molecular formula is C16H29N7O2. The summed E-state index contributed by atoms with van der Waals surface area (Å²) in [5.74, 6) is -0.274. The van der Waals surface area contributed by atoms with Crippen molar-refractivity contribution in [3.05, 3.63) is 24.4 Å². The predicted molar refractivity (Wildman–Crippen MR) is 98.0 cm³/mol. The van der Waals surface area contributed by atoms with Crippen molar-refractivity contribution in [2.24, 2.45) is 15.3 Å². The van der Waals surface area contributed by atoms with Gasteiger partial charge in [0, 0.05) is 47.3 Å². The maximum Gasteiger partial charge on any atom is 0.317 e. The Morgan fingerprint density at radius 3 is 2.44 bits per heavy atom. The number of hydrazine groups is 1. The average molecular weight is 351 g/mol. The molecule has 0 atom stereocenters. The van der Waals surface area contributed by atoms with Crippen LogP contribution in [0.5, 0.6) is 0 Å². The number of aliphatic imine (C=N–C) groups is 1. The Morgan fingerprint density at radius 2 is 1.92 bits per heavy atom. The van der Waals surface area contributed by atoms with Gasteiger partial charge in [0.15, 0.2) is 0 Å². The maximum absolute atomic E-state index is 10.8. The van der Waals surface area contributed by atoms with Crippen molar-refractivity contribution in [2.75, 3.05) is 53.9 Å². The van der Waals surface area contributed by atoms with Crippen molar-refractivity contribution in [1.82, 2.24) is 19.9 Å². The molecule has 9 nitrogen and oxygen atoms in total. The fraction of sp³-hybridized carbons (Fsp3) is 0.625. The summed E-state index contributed by atoms with van der Waals surface area (Å²) in [6, 6.07) is 0. The quantitative estimate of drug-likeness (QED) is 0.245. The van der Waals surface area contributed by atoms with E-state index in [1.807, 2.05) is 29.0 Å². The Morgan fingerprint density at radius 1 is 1.28 bits per heavy atom. The third kappa shape index (κ3) is 6.92. The molecule has 1 aliphatic heterocycles. The van der Waals surface area contributed by atoms with Gasteiger partial charge in [0.2, 0.25) is 5.96 Å². The van der Waals surface area contributed by atoms with Crippen molar-refractivity contribution in [3.8, 4) is 0 Å². The van der Waals surface area contributed by atoms with Crippen LogP contribution in [0.2, 0.25) is 0 Å². The van der Waals surface area contributed by atoms with E-state index in [4.69, 9.17) is 5.11 Å². The molecule has 0 saturated carbocycles. The number of nitrogens with zero attached hydrogens (tertiary/aromatic N) is 7. The summed E-state index contributed by atoms with van der Waals surface area (Å²) in [4.78, 5) is 18.9. The molecule has 0 aromatic rings. The molecule has 1 N–H and O–H groups in total. The lowest BCUT2D eigenvalue weighted by Crippen LogP contribution is -2.49. The third-order valence-electron chi connectivity index (χ3n) is 3.87. The van der Waals surface area contributed by atoms with Crippen molar-refractivity contribution >= 4 is 11.9 Å². The summed E-state index contributed by atoms with van der Waals surface area (Å²) in [6.45, 7) is 8.78. The minimum atomic E-state index is -0.806. The normalized spacial score (nSPS) is 16.6. The molecule has 1 heterocycles. The zero-order valence-corrected chi connectivity index (χ0v) is 15.6. The summed E-state index contributed by atoms with van der Waals surface area (Å²) >= 11 is 0. The molecule has 0 bridgehead atoms. The summed E-state index contributed by atoms with van der Waals surface area (Å²) in [5, 5.41) is 20.6. The standard InChI is InChI=1S/C16H29N7O2/c1-6-7-8-14(2)20(4)21(5)19-18-16(17-3)23-11-9-22(10-12-23)13-15(24)25/h7-8H,2,6,9-13H2,1,3-5H3,(H,24,25)/b8-7-,17-16?,19-18?. The van der Waals surface area contributed by atoms with E-state index in [-0.39, 0.29) is 6.54 Å². The van der Waals surface area contributed by atoms with Gasteiger partial charge in [0.25, 0.3) is 0 Å². The minimum Gasteiger partial charge on any atom is -0.480 e. The van der Waals surface area contributed by atoms with Crippen LogP contribution in [-0.2, 0) is 4.79 Å². The Balaban J connectivity index is 2.58. The number of guanidine groups is 1. The van der Waals surface area contributed by atoms with Gasteiger partial charge in [-0.05, 0) is 17.7 Å². The van der Waals surface area contributed by atoms with Crippen molar-refractivity contribution in [1.29, 1.82) is 0 Å². The van der Waals surface area contributed by atoms with Crippen LogP contribution in [0.3, 0.4) is 0 Å². The van der Waals surface area contributed by atoms with Gasteiger partial charge < -0.3 is 10.0 Å². The van der Waals surface area contributed by atoms with E-state index in [0.717, 1.165) is 12.1 Å². The predicted octanol–water partition coefficient (Wildman–Crippen LogP) is 1.30. The van der Waals surface area contributed by atoms with Gasteiger partial charge in [-0.1, -0.05) is 24.7 Å². The first kappa shape index (κ1) is 20.6. The van der Waals surface area contributed by atoms with E-state index in [1.54, 1.807) is 24.2 Å². The highest BCUT2D eigenvalue weighted by Gasteiger charge is 2.21. The van der Waals surface area contributed by atoms with Crippen molar-refractivity contribution in [2.45, 2.75) is 13.3 Å². The molecule has 25 heavy (non-hydrogen) atoms. The largest absolute Gasteiger partial charge is 0.480 e. The number of aliphatic carboxylic acids is 1. The van der Waals surface area contributed by atoms with Gasteiger partial charge >= 0.3 is 5.97 Å². The Hall–Kier alpha value is -2.42. The van der Waals surface area contributed by atoms with Crippen LogP contribution in [-0.4, -0.2) is 90.8 Å². The SMILES string of the molecule is C=C(/C=C\CC)N(C)N(C)N=NC(=NC)N1CCN(CC(=O)O)CC1. The van der Waals surface area contributed by atoms with Crippen molar-refractivity contribution in [3.63, 3.8) is 0 Å². The lowest BCUT2D eigenvalue weighted by Gasteiger charge is -2.34. The Kier molecular flexibility index (Phi) is 8.62. The van der Waals surface area contributed by atoms with Gasteiger partial charge in [0.1, 0.15) is 0 Å². The highest BCUT2D eigenvalue weighted by Crippen LogP contribution is 2.07. The van der Waals surface area contributed by atoms with Gasteiger partial charge in [-0.25, -0.2) is 0 Å². The number of rotatable bonds is 7. The first-order valence-corrected chi connectivity index (χ1v) is 8.29. The Bertz CT molecular complexity index is 537. The molecule has 1 aliphatic rings. The molecule has 0 spiro atoms. The zero-order chi connectivity index (χ0) is 18.8. The van der Waals surface area contributed by atoms with Crippen LogP contribution in [0, 0.1) is 0 Å². The molecule has 0 amide bonds. The second-order valence-electron chi connectivity index (χ2n) is 5.68. The smallest absolute Gasteiger partial charge is 0.317 e. The lowest BCUT2D eigenvalue weighted by atomic mass is 10.3. The number of likely N-dealkylation sites (N-methyl/N-ethyl adjacent to an activating group) is 1. The van der Waals surface area contributed by atoms with Gasteiger partial charge in [-0.15, -0.1) is 0 Å². The molecule has 1 rings (SSSR count). The van der Waals surface area contributed by atoms with E-state index in [1.165, 1.54) is 0 Å². The minimum absolute atomic E-state index is 0.0644. The van der Waals surface area contributed by atoms with Crippen LogP contribution in [0.1, 0.15) is 13.3 Å². The number of allylic oxidation sites excluding steroid dienone is 2. The number of hydrogen-bond donors (Lipinski definition) is 1. The first-order chi connectivity index (χ1) is 11.9. The van der Waals surface area contributed by atoms with Crippen LogP contribution in [0.4, 0.5) is 0 Å². The lowest BCUT2D eigenvalue weighted by molar-refractivity contribution is -0.138. The molecule has 0 aromatic carbocycles. The molecule has 140 valence electrons. The number of piperazine rings is 1. The van der Waals surface area contributed by atoms with E-state index < -0.39 is 5.97 Å². The Labute approximate surface area is 149 Å². The van der Waals surface area contributed by atoms with Gasteiger partial charge in [0.05, 0.1) is 12.2 Å².